The highest BCUT2D eigenvalue weighted by molar-refractivity contribution is 7.90. The van der Waals surface area contributed by atoms with Gasteiger partial charge in [0.1, 0.15) is 17.9 Å². The van der Waals surface area contributed by atoms with Crippen LogP contribution in [0.1, 0.15) is 6.42 Å². The van der Waals surface area contributed by atoms with Crippen LogP contribution in [0.15, 0.2) is 53.7 Å². The number of methoxy groups -OCH3 is 1. The Hall–Kier alpha value is -2.87. The number of aromatic nitrogens is 2. The summed E-state index contributed by atoms with van der Waals surface area (Å²) in [5.41, 5.74) is 1.78. The van der Waals surface area contributed by atoms with Crippen molar-refractivity contribution in [1.29, 1.82) is 0 Å². The zero-order valence-corrected chi connectivity index (χ0v) is 16.6. The van der Waals surface area contributed by atoms with Crippen molar-refractivity contribution in [3.05, 3.63) is 48.8 Å². The smallest absolute Gasteiger partial charge is 0.175 e. The van der Waals surface area contributed by atoms with E-state index in [-0.39, 0.29) is 10.9 Å². The minimum Gasteiger partial charge on any atom is -0.495 e. The van der Waals surface area contributed by atoms with Gasteiger partial charge in [-0.1, -0.05) is 12.1 Å². The van der Waals surface area contributed by atoms with Crippen molar-refractivity contribution in [2.24, 2.45) is 0 Å². The zero-order chi connectivity index (χ0) is 19.7. The van der Waals surface area contributed by atoms with E-state index < -0.39 is 9.84 Å². The molecule has 0 amide bonds. The fourth-order valence-electron chi connectivity index (χ4n) is 3.56. The fourth-order valence-corrected chi connectivity index (χ4v) is 4.21. The largest absolute Gasteiger partial charge is 0.495 e. The predicted molar refractivity (Wildman–Crippen MR) is 110 cm³/mol. The second kappa shape index (κ2) is 7.27. The molecule has 0 spiro atoms. The van der Waals surface area contributed by atoms with Gasteiger partial charge in [0, 0.05) is 30.8 Å². The number of anilines is 2. The molecule has 1 aliphatic heterocycles. The molecule has 0 aliphatic carbocycles. The first kappa shape index (κ1) is 18.5. The lowest BCUT2D eigenvalue weighted by Gasteiger charge is -2.21. The summed E-state index contributed by atoms with van der Waals surface area (Å²) in [5.74, 6) is 1.51. The van der Waals surface area contributed by atoms with Gasteiger partial charge in [-0.25, -0.2) is 18.4 Å². The van der Waals surface area contributed by atoms with E-state index in [2.05, 4.69) is 26.3 Å². The summed E-state index contributed by atoms with van der Waals surface area (Å²) in [6, 6.07) is 13.1. The monoisotopic (exact) mass is 398 g/mol. The number of benzene rings is 2. The molecule has 1 saturated heterocycles. The number of nitrogens with zero attached hydrogens (tertiary/aromatic N) is 3. The third-order valence-electron chi connectivity index (χ3n) is 4.99. The molecule has 1 fully saturated rings. The predicted octanol–water partition coefficient (Wildman–Crippen LogP) is 2.73. The Balaban J connectivity index is 1.59. The average Bonchev–Trinajstić information content (AvgIpc) is 3.15. The van der Waals surface area contributed by atoms with Crippen LogP contribution >= 0.6 is 0 Å². The topological polar surface area (TPSA) is 84.4 Å². The van der Waals surface area contributed by atoms with Gasteiger partial charge in [-0.15, -0.1) is 0 Å². The molecule has 3 aromatic rings. The molecule has 1 aromatic heterocycles. The van der Waals surface area contributed by atoms with Gasteiger partial charge in [-0.05, 0) is 36.8 Å². The molecule has 2 aromatic carbocycles. The Morgan fingerprint density at radius 2 is 2.00 bits per heavy atom. The van der Waals surface area contributed by atoms with Crippen LogP contribution in [0.4, 0.5) is 11.5 Å². The molecule has 4 rings (SSSR count). The first-order valence-electron chi connectivity index (χ1n) is 9.05. The molecule has 1 N–H and O–H groups in total. The number of hydrogen-bond donors (Lipinski definition) is 1. The molecule has 0 bridgehead atoms. The van der Waals surface area contributed by atoms with E-state index in [9.17, 15) is 8.42 Å². The van der Waals surface area contributed by atoms with Crippen LogP contribution in [0, 0.1) is 0 Å². The number of rotatable bonds is 5. The SMILES string of the molecule is COc1ccccc1N1CCC(Nc2ncnc3ccc(S(C)(=O)=O)cc23)C1. The van der Waals surface area contributed by atoms with Crippen LogP contribution in [0.2, 0.25) is 0 Å². The molecule has 0 radical (unpaired) electrons. The summed E-state index contributed by atoms with van der Waals surface area (Å²) < 4.78 is 29.3. The maximum atomic E-state index is 11.9. The van der Waals surface area contributed by atoms with E-state index in [1.54, 1.807) is 25.3 Å². The van der Waals surface area contributed by atoms with Gasteiger partial charge in [0.2, 0.25) is 0 Å². The maximum absolute atomic E-state index is 11.9. The summed E-state index contributed by atoms with van der Waals surface area (Å²) in [7, 11) is -1.62. The maximum Gasteiger partial charge on any atom is 0.175 e. The molecule has 1 atom stereocenters. The molecule has 146 valence electrons. The zero-order valence-electron chi connectivity index (χ0n) is 15.8. The van der Waals surface area contributed by atoms with Gasteiger partial charge in [0.05, 0.1) is 23.2 Å². The van der Waals surface area contributed by atoms with Crippen molar-refractivity contribution in [2.75, 3.05) is 36.7 Å². The van der Waals surface area contributed by atoms with E-state index in [1.165, 1.54) is 12.6 Å². The summed E-state index contributed by atoms with van der Waals surface area (Å²) in [4.78, 5) is 11.2. The lowest BCUT2D eigenvalue weighted by Crippen LogP contribution is -2.26. The lowest BCUT2D eigenvalue weighted by molar-refractivity contribution is 0.415. The lowest BCUT2D eigenvalue weighted by atomic mass is 10.2. The van der Waals surface area contributed by atoms with E-state index in [0.717, 1.165) is 30.9 Å². The fraction of sp³-hybridized carbons (Fsp3) is 0.300. The number of para-hydroxylation sites is 2. The minimum atomic E-state index is -3.30. The molecule has 7 nitrogen and oxygen atoms in total. The van der Waals surface area contributed by atoms with Crippen LogP contribution in [-0.2, 0) is 9.84 Å². The summed E-state index contributed by atoms with van der Waals surface area (Å²) in [5, 5.41) is 4.18. The Morgan fingerprint density at radius 1 is 1.18 bits per heavy atom. The van der Waals surface area contributed by atoms with Crippen molar-refractivity contribution in [3.8, 4) is 5.75 Å². The van der Waals surface area contributed by atoms with Gasteiger partial charge in [-0.2, -0.15) is 0 Å². The van der Waals surface area contributed by atoms with Gasteiger partial charge in [0.25, 0.3) is 0 Å². The van der Waals surface area contributed by atoms with E-state index in [1.807, 2.05) is 18.2 Å². The number of ether oxygens (including phenoxy) is 1. The Kier molecular flexibility index (Phi) is 4.80. The summed E-state index contributed by atoms with van der Waals surface area (Å²) >= 11 is 0. The average molecular weight is 398 g/mol. The first-order valence-corrected chi connectivity index (χ1v) is 10.9. The van der Waals surface area contributed by atoms with Crippen molar-refractivity contribution < 1.29 is 13.2 Å². The Labute approximate surface area is 164 Å². The van der Waals surface area contributed by atoms with Crippen LogP contribution in [0.25, 0.3) is 10.9 Å². The first-order chi connectivity index (χ1) is 13.5. The Bertz CT molecular complexity index is 1120. The van der Waals surface area contributed by atoms with Crippen LogP contribution in [0.3, 0.4) is 0 Å². The van der Waals surface area contributed by atoms with E-state index in [0.29, 0.717) is 16.7 Å². The Morgan fingerprint density at radius 3 is 2.79 bits per heavy atom. The number of hydrogen-bond acceptors (Lipinski definition) is 7. The highest BCUT2D eigenvalue weighted by Crippen LogP contribution is 2.31. The van der Waals surface area contributed by atoms with Gasteiger partial charge >= 0.3 is 0 Å². The molecule has 0 saturated carbocycles. The van der Waals surface area contributed by atoms with Crippen molar-refractivity contribution in [1.82, 2.24) is 9.97 Å². The summed E-state index contributed by atoms with van der Waals surface area (Å²) in [6.07, 6.45) is 3.64. The molecule has 8 heteroatoms. The summed E-state index contributed by atoms with van der Waals surface area (Å²) in [6.45, 7) is 1.70. The number of sulfone groups is 1. The number of nitrogens with one attached hydrogen (secondary N) is 1. The quantitative estimate of drug-likeness (QED) is 0.707. The highest BCUT2D eigenvalue weighted by Gasteiger charge is 2.25. The third-order valence-corrected chi connectivity index (χ3v) is 6.10. The van der Waals surface area contributed by atoms with Crippen molar-refractivity contribution >= 4 is 32.2 Å². The minimum absolute atomic E-state index is 0.185. The molecule has 2 heterocycles. The molecule has 1 unspecified atom stereocenters. The van der Waals surface area contributed by atoms with Crippen LogP contribution in [-0.4, -0.2) is 50.9 Å². The molecule has 28 heavy (non-hydrogen) atoms. The van der Waals surface area contributed by atoms with Crippen LogP contribution < -0.4 is 15.0 Å². The normalized spacial score (nSPS) is 17.1. The van der Waals surface area contributed by atoms with Gasteiger partial charge in [-0.3, -0.25) is 0 Å². The highest BCUT2D eigenvalue weighted by atomic mass is 32.2. The van der Waals surface area contributed by atoms with Gasteiger partial charge < -0.3 is 15.0 Å². The van der Waals surface area contributed by atoms with E-state index >= 15 is 0 Å². The third kappa shape index (κ3) is 3.60. The second-order valence-electron chi connectivity index (χ2n) is 6.92. The molecular weight excluding hydrogens is 376 g/mol. The molecular formula is C20H22N4O3S. The van der Waals surface area contributed by atoms with Crippen LogP contribution in [0.5, 0.6) is 5.75 Å². The van der Waals surface area contributed by atoms with Gasteiger partial charge in [0.15, 0.2) is 9.84 Å². The van der Waals surface area contributed by atoms with Crippen molar-refractivity contribution in [3.63, 3.8) is 0 Å². The number of fused-ring (bicyclic) bond motifs is 1. The van der Waals surface area contributed by atoms with Crippen molar-refractivity contribution in [2.45, 2.75) is 17.4 Å². The molecule has 1 aliphatic rings. The second-order valence-corrected chi connectivity index (χ2v) is 8.94. The van der Waals surface area contributed by atoms with E-state index in [4.69, 9.17) is 4.74 Å². The standard InChI is InChI=1S/C20H22N4O3S/c1-27-19-6-4-3-5-18(19)24-10-9-14(12-24)23-20-16-11-15(28(2,25)26)7-8-17(16)21-13-22-20/h3-8,11,13-14H,9-10,12H2,1-2H3,(H,21,22,23).